The number of nitrogens with two attached hydrogens (primary N) is 1. The van der Waals surface area contributed by atoms with Gasteiger partial charge in [-0.3, -0.25) is 19.3 Å². The van der Waals surface area contributed by atoms with E-state index in [1.165, 1.54) is 11.5 Å². The van der Waals surface area contributed by atoms with Crippen molar-refractivity contribution in [2.45, 2.75) is 36.9 Å². The molecular weight excluding hydrogens is 631 g/mol. The van der Waals surface area contributed by atoms with Crippen molar-refractivity contribution in [3.05, 3.63) is 34.0 Å². The van der Waals surface area contributed by atoms with Crippen LogP contribution >= 0.6 is 23.1 Å². The fourth-order valence-corrected chi connectivity index (χ4v) is 7.12. The first kappa shape index (κ1) is 31.5. The van der Waals surface area contributed by atoms with Gasteiger partial charge >= 0.3 is 18.1 Å². The van der Waals surface area contributed by atoms with Gasteiger partial charge in [-0.05, 0) is 49.9 Å². The van der Waals surface area contributed by atoms with Gasteiger partial charge in [0.2, 0.25) is 5.91 Å². The first-order valence-electron chi connectivity index (χ1n) is 13.3. The molecule has 5 rings (SSSR count). The topological polar surface area (TPSA) is 197 Å². The Labute approximate surface area is 255 Å². The number of carbonyl (C=O) groups is 5. The van der Waals surface area contributed by atoms with Gasteiger partial charge in [0.05, 0.1) is 0 Å². The lowest BCUT2D eigenvalue weighted by molar-refractivity contribution is -0.199. The van der Waals surface area contributed by atoms with Crippen LogP contribution in [0.1, 0.15) is 25.0 Å². The summed E-state index contributed by atoms with van der Waals surface area (Å²) in [6, 6.07) is -1.29. The molecule has 0 unspecified atom stereocenters. The van der Waals surface area contributed by atoms with Gasteiger partial charge in [-0.1, -0.05) is 5.16 Å². The van der Waals surface area contributed by atoms with E-state index in [0.29, 0.717) is 31.0 Å². The number of anilines is 1. The second-order valence-corrected chi connectivity index (χ2v) is 12.3. The van der Waals surface area contributed by atoms with Gasteiger partial charge in [0, 0.05) is 29.8 Å². The number of thioether (sulfide) groups is 1. The number of halogens is 3. The minimum Gasteiger partial charge on any atom is -0.477 e. The van der Waals surface area contributed by atoms with E-state index >= 15 is 0 Å². The summed E-state index contributed by atoms with van der Waals surface area (Å²) >= 11 is 1.96. The number of carboxylic acid groups (broad SMARTS) is 1. The molecule has 4 aliphatic rings. The standard InChI is InChI=1S/C25H26F3N7O7S2/c26-25(27,28)23(41)42-33-15(14-10-44-24(29)31-14)18(36)32-16-20(38)35-17(22(39)40)13(9-43-21(16)35)7-12-3-6-34(19(12)37)8-11-1-4-30-5-2-11/h7,10-11,16,21,30H,1-6,8-9H2,(H2,29,31)(H,32,36)(H,39,40)/b12-7+,33-15-/t16-,21-/m1/s1. The maximum absolute atomic E-state index is 13.1. The molecule has 236 valence electrons. The molecule has 3 fully saturated rings. The molecule has 3 saturated heterocycles. The molecule has 1 aromatic heterocycles. The van der Waals surface area contributed by atoms with Crippen molar-refractivity contribution in [3.63, 3.8) is 0 Å². The van der Waals surface area contributed by atoms with Gasteiger partial charge in [0.15, 0.2) is 10.8 Å². The van der Waals surface area contributed by atoms with Gasteiger partial charge in [0.1, 0.15) is 22.8 Å². The number of amides is 3. The molecule has 0 aromatic carbocycles. The summed E-state index contributed by atoms with van der Waals surface area (Å²) in [6.45, 7) is 2.93. The number of fused-ring (bicyclic) bond motifs is 1. The highest BCUT2D eigenvalue weighted by atomic mass is 32.2. The van der Waals surface area contributed by atoms with Gasteiger partial charge < -0.3 is 31.2 Å². The average molecular weight is 658 g/mol. The van der Waals surface area contributed by atoms with Crippen LogP contribution in [0.15, 0.2) is 33.5 Å². The fraction of sp³-hybridized carbons (Fsp3) is 0.480. The number of likely N-dealkylation sites (tertiary alicyclic amines) is 1. The van der Waals surface area contributed by atoms with E-state index in [1.54, 1.807) is 4.90 Å². The minimum absolute atomic E-state index is 0.0654. The van der Waals surface area contributed by atoms with E-state index in [1.807, 2.05) is 0 Å². The highest BCUT2D eigenvalue weighted by molar-refractivity contribution is 8.00. The van der Waals surface area contributed by atoms with Crippen molar-refractivity contribution >= 4 is 63.6 Å². The molecule has 3 amide bonds. The molecule has 1 aromatic rings. The zero-order valence-corrected chi connectivity index (χ0v) is 24.4. The molecule has 19 heteroatoms. The normalized spacial score (nSPS) is 24.0. The number of oxime groups is 1. The summed E-state index contributed by atoms with van der Waals surface area (Å²) in [5.41, 5.74) is 4.76. The molecule has 0 radical (unpaired) electrons. The lowest BCUT2D eigenvalue weighted by Gasteiger charge is -2.49. The van der Waals surface area contributed by atoms with Crippen molar-refractivity contribution in [3.8, 4) is 0 Å². The predicted molar refractivity (Wildman–Crippen MR) is 150 cm³/mol. The second kappa shape index (κ2) is 12.6. The van der Waals surface area contributed by atoms with Crippen LogP contribution in [0.25, 0.3) is 0 Å². The number of carbonyl (C=O) groups excluding carboxylic acids is 4. The number of hydrogen-bond donors (Lipinski definition) is 4. The molecule has 2 atom stereocenters. The SMILES string of the molecule is Nc1nc(/C(=N/OC(=O)C(F)(F)F)C(=O)N[C@@H]2C(=O)N3C(C(=O)O)=C(/C=C4\CCN(CC5CCNCC5)C4=O)CS[C@H]23)cs1. The van der Waals surface area contributed by atoms with Gasteiger partial charge in [-0.25, -0.2) is 14.6 Å². The van der Waals surface area contributed by atoms with Crippen LogP contribution in [-0.4, -0.2) is 105 Å². The Bertz CT molecular complexity index is 1490. The highest BCUT2D eigenvalue weighted by Crippen LogP contribution is 2.41. The van der Waals surface area contributed by atoms with Crippen LogP contribution in [0.3, 0.4) is 0 Å². The number of nitrogens with one attached hydrogen (secondary N) is 2. The Morgan fingerprint density at radius 3 is 2.64 bits per heavy atom. The quantitative estimate of drug-likeness (QED) is 0.0995. The summed E-state index contributed by atoms with van der Waals surface area (Å²) < 4.78 is 37.8. The number of hydrogen-bond acceptors (Lipinski definition) is 12. The molecule has 14 nitrogen and oxygen atoms in total. The minimum atomic E-state index is -5.39. The van der Waals surface area contributed by atoms with E-state index in [2.05, 4.69) is 25.6 Å². The van der Waals surface area contributed by atoms with E-state index in [4.69, 9.17) is 5.73 Å². The third kappa shape index (κ3) is 6.43. The lowest BCUT2D eigenvalue weighted by Crippen LogP contribution is -2.71. The number of thiazole rings is 1. The molecule has 0 saturated carbocycles. The maximum atomic E-state index is 13.1. The molecule has 5 N–H and O–H groups in total. The summed E-state index contributed by atoms with van der Waals surface area (Å²) in [5, 5.41) is 18.8. The van der Waals surface area contributed by atoms with Gasteiger partial charge in [0.25, 0.3) is 11.8 Å². The number of aromatic nitrogens is 1. The third-order valence-electron chi connectivity index (χ3n) is 7.42. The fourth-order valence-electron chi connectivity index (χ4n) is 5.26. The van der Waals surface area contributed by atoms with Crippen LogP contribution in [0.5, 0.6) is 0 Å². The van der Waals surface area contributed by atoms with E-state index in [-0.39, 0.29) is 33.8 Å². The summed E-state index contributed by atoms with van der Waals surface area (Å²) in [6.07, 6.45) is -1.51. The second-order valence-electron chi connectivity index (χ2n) is 10.3. The first-order chi connectivity index (χ1) is 20.8. The zero-order chi connectivity index (χ0) is 31.8. The average Bonchev–Trinajstić information content (AvgIpc) is 3.56. The largest absolute Gasteiger partial charge is 0.493 e. The van der Waals surface area contributed by atoms with Crippen molar-refractivity contribution in [2.24, 2.45) is 11.1 Å². The van der Waals surface area contributed by atoms with Crippen LogP contribution in [0, 0.1) is 5.92 Å². The lowest BCUT2D eigenvalue weighted by atomic mass is 9.97. The van der Waals surface area contributed by atoms with E-state index in [9.17, 15) is 42.3 Å². The van der Waals surface area contributed by atoms with Crippen molar-refractivity contribution in [1.29, 1.82) is 0 Å². The number of carboxylic acids is 1. The zero-order valence-electron chi connectivity index (χ0n) is 22.8. The number of piperidine rings is 1. The molecular formula is C25H26F3N7O7S2. The van der Waals surface area contributed by atoms with Crippen LogP contribution < -0.4 is 16.4 Å². The third-order valence-corrected chi connectivity index (χ3v) is 9.39. The van der Waals surface area contributed by atoms with Crippen molar-refractivity contribution in [1.82, 2.24) is 25.4 Å². The van der Waals surface area contributed by atoms with Crippen LogP contribution in [0.2, 0.25) is 0 Å². The van der Waals surface area contributed by atoms with Crippen LogP contribution in [0.4, 0.5) is 18.3 Å². The Kier molecular flexibility index (Phi) is 8.98. The number of β-lactam (4-membered cyclic amide) rings is 1. The monoisotopic (exact) mass is 657 g/mol. The Hall–Kier alpha value is -3.97. The van der Waals surface area contributed by atoms with Gasteiger partial charge in [-0.15, -0.1) is 23.1 Å². The maximum Gasteiger partial charge on any atom is 0.493 e. The Morgan fingerprint density at radius 1 is 1.27 bits per heavy atom. The Balaban J connectivity index is 1.31. The number of nitrogen functional groups attached to an aromatic ring is 1. The molecule has 0 spiro atoms. The molecule has 4 aliphatic heterocycles. The smallest absolute Gasteiger partial charge is 0.477 e. The molecule has 0 aliphatic carbocycles. The summed E-state index contributed by atoms with van der Waals surface area (Å²) in [4.78, 5) is 73.0. The first-order valence-corrected chi connectivity index (χ1v) is 15.3. The number of aliphatic carboxylic acids is 1. The summed E-state index contributed by atoms with van der Waals surface area (Å²) in [5.74, 6) is -5.79. The van der Waals surface area contributed by atoms with Gasteiger partial charge in [-0.2, -0.15) is 13.2 Å². The number of allylic oxidation sites excluding steroid dienone is 1. The number of nitrogens with zero attached hydrogens (tertiary/aromatic N) is 4. The number of rotatable bonds is 8. The Morgan fingerprint density at radius 2 is 2.00 bits per heavy atom. The summed E-state index contributed by atoms with van der Waals surface area (Å²) in [7, 11) is 0. The van der Waals surface area contributed by atoms with Crippen molar-refractivity contribution < 1.29 is 47.1 Å². The molecule has 5 heterocycles. The van der Waals surface area contributed by atoms with E-state index in [0.717, 1.165) is 53.9 Å². The number of alkyl halides is 3. The van der Waals surface area contributed by atoms with Crippen LogP contribution in [-0.2, 0) is 28.8 Å². The van der Waals surface area contributed by atoms with Crippen molar-refractivity contribution in [2.75, 3.05) is 37.7 Å². The van der Waals surface area contributed by atoms with E-state index < -0.39 is 47.1 Å². The molecule has 44 heavy (non-hydrogen) atoms. The molecule has 0 bridgehead atoms. The predicted octanol–water partition coefficient (Wildman–Crippen LogP) is 0.432. The highest BCUT2D eigenvalue weighted by Gasteiger charge is 2.54.